The van der Waals surface area contributed by atoms with Crippen molar-refractivity contribution in [3.63, 3.8) is 0 Å². The van der Waals surface area contributed by atoms with Crippen molar-refractivity contribution in [1.82, 2.24) is 4.90 Å². The molecule has 1 amide bonds. The van der Waals surface area contributed by atoms with Crippen LogP contribution in [0.3, 0.4) is 0 Å². The van der Waals surface area contributed by atoms with Crippen LogP contribution in [0.25, 0.3) is 0 Å². The van der Waals surface area contributed by atoms with Crippen LogP contribution in [-0.2, 0) is 17.8 Å². The smallest absolute Gasteiger partial charge is 0.336 e. The number of carboxylic acids is 1. The molecule has 0 unspecified atom stereocenters. The van der Waals surface area contributed by atoms with Gasteiger partial charge in [-0.1, -0.05) is 17.7 Å². The van der Waals surface area contributed by atoms with Gasteiger partial charge in [-0.2, -0.15) is 0 Å². The van der Waals surface area contributed by atoms with Crippen LogP contribution >= 0.6 is 11.3 Å². The average molecular weight is 332 g/mol. The number of aryl methyl sites for hydroxylation is 1. The topological polar surface area (TPSA) is 69.6 Å². The normalized spacial score (nSPS) is 10.8. The maximum Gasteiger partial charge on any atom is 0.336 e. The first-order valence-corrected chi connectivity index (χ1v) is 8.08. The first-order chi connectivity index (χ1) is 10.8. The molecular formula is C17H20N2O3S. The van der Waals surface area contributed by atoms with Crippen molar-refractivity contribution < 1.29 is 14.7 Å². The van der Waals surface area contributed by atoms with E-state index in [1.54, 1.807) is 11.4 Å². The van der Waals surface area contributed by atoms with Gasteiger partial charge in [-0.15, -0.1) is 11.3 Å². The molecule has 5 nitrogen and oxygen atoms in total. The van der Waals surface area contributed by atoms with Crippen LogP contribution < -0.4 is 5.32 Å². The number of hydrogen-bond donors (Lipinski definition) is 2. The van der Waals surface area contributed by atoms with Gasteiger partial charge in [-0.05, 0) is 38.7 Å². The van der Waals surface area contributed by atoms with Crippen LogP contribution in [-0.4, -0.2) is 36.0 Å². The molecule has 1 aromatic heterocycles. The zero-order valence-corrected chi connectivity index (χ0v) is 14.2. The minimum absolute atomic E-state index is 0.146. The number of hydrogen-bond acceptors (Lipinski definition) is 4. The Hall–Kier alpha value is -2.18. The molecule has 2 N–H and O–H groups in total. The van der Waals surface area contributed by atoms with Gasteiger partial charge in [-0.25, -0.2) is 4.79 Å². The predicted molar refractivity (Wildman–Crippen MR) is 92.2 cm³/mol. The van der Waals surface area contributed by atoms with Gasteiger partial charge in [0.1, 0.15) is 0 Å². The minimum Gasteiger partial charge on any atom is -0.478 e. The van der Waals surface area contributed by atoms with E-state index < -0.39 is 5.97 Å². The number of rotatable bonds is 6. The Balaban J connectivity index is 2.08. The van der Waals surface area contributed by atoms with Crippen molar-refractivity contribution in [2.45, 2.75) is 19.9 Å². The molecule has 0 aliphatic carbocycles. The van der Waals surface area contributed by atoms with Crippen LogP contribution in [0.2, 0.25) is 0 Å². The Bertz CT molecular complexity index is 722. The minimum atomic E-state index is -0.972. The highest BCUT2D eigenvalue weighted by molar-refractivity contribution is 7.10. The Labute approximate surface area is 139 Å². The fourth-order valence-electron chi connectivity index (χ4n) is 2.25. The van der Waals surface area contributed by atoms with E-state index in [1.165, 1.54) is 11.3 Å². The van der Waals surface area contributed by atoms with Crippen molar-refractivity contribution in [3.05, 3.63) is 51.2 Å². The highest BCUT2D eigenvalue weighted by atomic mass is 32.1. The summed E-state index contributed by atoms with van der Waals surface area (Å²) in [6.07, 6.45) is 0.174. The van der Waals surface area contributed by atoms with E-state index in [2.05, 4.69) is 11.4 Å². The lowest BCUT2D eigenvalue weighted by Crippen LogP contribution is -2.18. The number of benzene rings is 1. The molecule has 0 fully saturated rings. The summed E-state index contributed by atoms with van der Waals surface area (Å²) in [5.74, 6) is -1.12. The van der Waals surface area contributed by atoms with Crippen molar-refractivity contribution in [2.24, 2.45) is 0 Å². The van der Waals surface area contributed by atoms with E-state index in [1.807, 2.05) is 38.1 Å². The quantitative estimate of drug-likeness (QED) is 0.853. The summed E-state index contributed by atoms with van der Waals surface area (Å²) < 4.78 is 0. The van der Waals surface area contributed by atoms with Crippen LogP contribution in [0.1, 0.15) is 26.4 Å². The second-order valence-corrected chi connectivity index (χ2v) is 6.73. The molecule has 1 aromatic carbocycles. The number of amides is 1. The number of anilines is 1. The summed E-state index contributed by atoms with van der Waals surface area (Å²) >= 11 is 1.28. The van der Waals surface area contributed by atoms with Gasteiger partial charge in [0, 0.05) is 22.5 Å². The molecule has 0 saturated heterocycles. The average Bonchev–Trinajstić information content (AvgIpc) is 2.90. The third-order valence-corrected chi connectivity index (χ3v) is 4.19. The zero-order valence-electron chi connectivity index (χ0n) is 13.4. The SMILES string of the molecule is Cc1ccc(NC(=O)Cc2cc(C(=O)O)cs2)c(CN(C)C)c1. The van der Waals surface area contributed by atoms with Crippen molar-refractivity contribution >= 4 is 28.9 Å². The largest absolute Gasteiger partial charge is 0.478 e. The monoisotopic (exact) mass is 332 g/mol. The van der Waals surface area contributed by atoms with Crippen LogP contribution in [0.5, 0.6) is 0 Å². The Morgan fingerprint density at radius 2 is 2.00 bits per heavy atom. The van der Waals surface area contributed by atoms with Crippen molar-refractivity contribution in [1.29, 1.82) is 0 Å². The molecule has 6 heteroatoms. The first-order valence-electron chi connectivity index (χ1n) is 7.20. The summed E-state index contributed by atoms with van der Waals surface area (Å²) in [6.45, 7) is 2.75. The summed E-state index contributed by atoms with van der Waals surface area (Å²) in [7, 11) is 3.96. The molecule has 122 valence electrons. The summed E-state index contributed by atoms with van der Waals surface area (Å²) in [6, 6.07) is 7.47. The number of thiophene rings is 1. The van der Waals surface area contributed by atoms with Gasteiger partial charge >= 0.3 is 5.97 Å². The highest BCUT2D eigenvalue weighted by Crippen LogP contribution is 2.20. The lowest BCUT2D eigenvalue weighted by molar-refractivity contribution is -0.115. The van der Waals surface area contributed by atoms with Crippen LogP contribution in [0, 0.1) is 6.92 Å². The Morgan fingerprint density at radius 3 is 2.61 bits per heavy atom. The van der Waals surface area contributed by atoms with Gasteiger partial charge < -0.3 is 15.3 Å². The van der Waals surface area contributed by atoms with E-state index >= 15 is 0 Å². The molecule has 0 bridgehead atoms. The van der Waals surface area contributed by atoms with Gasteiger partial charge in [0.05, 0.1) is 12.0 Å². The molecule has 1 heterocycles. The molecule has 0 saturated carbocycles. The summed E-state index contributed by atoms with van der Waals surface area (Å²) in [5, 5.41) is 13.4. The van der Waals surface area contributed by atoms with Crippen molar-refractivity contribution in [3.8, 4) is 0 Å². The third kappa shape index (κ3) is 4.91. The maximum absolute atomic E-state index is 12.2. The lowest BCUT2D eigenvalue weighted by Gasteiger charge is -2.15. The van der Waals surface area contributed by atoms with E-state index in [0.717, 1.165) is 28.2 Å². The number of carbonyl (C=O) groups is 2. The third-order valence-electron chi connectivity index (χ3n) is 3.26. The summed E-state index contributed by atoms with van der Waals surface area (Å²) in [5.41, 5.74) is 3.22. The standard InChI is InChI=1S/C17H20N2O3S/c1-11-4-5-15(12(6-11)9-19(2)3)18-16(20)8-14-7-13(10-23-14)17(21)22/h4-7,10H,8-9H2,1-3H3,(H,18,20)(H,21,22). The maximum atomic E-state index is 12.2. The number of nitrogens with zero attached hydrogens (tertiary/aromatic N) is 1. The molecule has 0 atom stereocenters. The fraction of sp³-hybridized carbons (Fsp3) is 0.294. The van der Waals surface area contributed by atoms with Gasteiger partial charge in [0.15, 0.2) is 0 Å². The van der Waals surface area contributed by atoms with Crippen LogP contribution in [0.15, 0.2) is 29.6 Å². The first kappa shape index (κ1) is 17.2. The van der Waals surface area contributed by atoms with Crippen LogP contribution in [0.4, 0.5) is 5.69 Å². The highest BCUT2D eigenvalue weighted by Gasteiger charge is 2.12. The van der Waals surface area contributed by atoms with Crippen molar-refractivity contribution in [2.75, 3.05) is 19.4 Å². The molecule has 2 rings (SSSR count). The molecule has 23 heavy (non-hydrogen) atoms. The van der Waals surface area contributed by atoms with E-state index in [9.17, 15) is 9.59 Å². The lowest BCUT2D eigenvalue weighted by atomic mass is 10.1. The summed E-state index contributed by atoms with van der Waals surface area (Å²) in [4.78, 5) is 25.9. The molecule has 2 aromatic rings. The van der Waals surface area contributed by atoms with E-state index in [0.29, 0.717) is 0 Å². The second-order valence-electron chi connectivity index (χ2n) is 5.73. The fourth-order valence-corrected chi connectivity index (χ4v) is 3.11. The van der Waals surface area contributed by atoms with E-state index in [-0.39, 0.29) is 17.9 Å². The van der Waals surface area contributed by atoms with Gasteiger partial charge in [-0.3, -0.25) is 4.79 Å². The molecule has 0 spiro atoms. The molecule has 0 aliphatic heterocycles. The Kier molecular flexibility index (Phi) is 5.52. The molecular weight excluding hydrogens is 312 g/mol. The number of aromatic carboxylic acids is 1. The van der Waals surface area contributed by atoms with Gasteiger partial charge in [0.25, 0.3) is 0 Å². The number of nitrogens with one attached hydrogen (secondary N) is 1. The predicted octanol–water partition coefficient (Wildman–Crippen LogP) is 3.00. The number of carboxylic acid groups (broad SMARTS) is 1. The van der Waals surface area contributed by atoms with Gasteiger partial charge in [0.2, 0.25) is 5.91 Å². The zero-order chi connectivity index (χ0) is 17.0. The second kappa shape index (κ2) is 7.39. The van der Waals surface area contributed by atoms with E-state index in [4.69, 9.17) is 5.11 Å². The number of carbonyl (C=O) groups excluding carboxylic acids is 1. The molecule has 0 radical (unpaired) electrons. The Morgan fingerprint density at radius 1 is 1.26 bits per heavy atom. The molecule has 0 aliphatic rings.